The van der Waals surface area contributed by atoms with Crippen LogP contribution in [0.5, 0.6) is 11.8 Å². The van der Waals surface area contributed by atoms with Crippen molar-refractivity contribution in [2.75, 3.05) is 40.9 Å². The largest absolute Gasteiger partial charge is 1.00 e. The predicted octanol–water partition coefficient (Wildman–Crippen LogP) is -1.19. The lowest BCUT2D eigenvalue weighted by molar-refractivity contribution is -0.870. The maximum absolute atomic E-state index is 5.58. The number of unbranched alkanes of at least 4 members (excludes halogenated alkanes) is 1. The molecule has 106 valence electrons. The molecule has 0 N–H and O–H groups in total. The van der Waals surface area contributed by atoms with Gasteiger partial charge in [-0.1, -0.05) is 13.3 Å². The zero-order valence-electron chi connectivity index (χ0n) is 11.5. The minimum absolute atomic E-state index is 0. The summed E-state index contributed by atoms with van der Waals surface area (Å²) in [4.78, 5) is 0. The molecule has 0 aliphatic heterocycles. The average molecular weight is 387 g/mol. The van der Waals surface area contributed by atoms with Gasteiger partial charge < -0.3 is 37.9 Å². The molecule has 0 aliphatic rings. The molecule has 5 nitrogen and oxygen atoms in total. The molecule has 1 rings (SSSR count). The van der Waals surface area contributed by atoms with Crippen molar-refractivity contribution in [1.82, 2.24) is 8.75 Å². The van der Waals surface area contributed by atoms with Crippen LogP contribution >= 0.6 is 11.7 Å². The molecular formula is C11H22IN3O2S. The lowest BCUT2D eigenvalue weighted by atomic mass is 10.4. The number of hydrogen-bond acceptors (Lipinski definition) is 5. The van der Waals surface area contributed by atoms with Gasteiger partial charge in [-0.25, -0.2) is 0 Å². The van der Waals surface area contributed by atoms with Crippen LogP contribution in [0.3, 0.4) is 0 Å². The summed E-state index contributed by atoms with van der Waals surface area (Å²) in [6, 6.07) is 0. The SMILES string of the molecule is CCCCOc1nsnc1OCC[N+](C)(C)C.[I-]. The van der Waals surface area contributed by atoms with E-state index >= 15 is 0 Å². The summed E-state index contributed by atoms with van der Waals surface area (Å²) in [6.07, 6.45) is 2.13. The van der Waals surface area contributed by atoms with Gasteiger partial charge in [-0.3, -0.25) is 0 Å². The van der Waals surface area contributed by atoms with E-state index in [0.29, 0.717) is 25.0 Å². The highest BCUT2D eigenvalue weighted by molar-refractivity contribution is 6.99. The quantitative estimate of drug-likeness (QED) is 0.320. The van der Waals surface area contributed by atoms with E-state index in [0.717, 1.165) is 35.6 Å². The second-order valence-corrected chi connectivity index (χ2v) is 5.47. The van der Waals surface area contributed by atoms with Crippen molar-refractivity contribution < 1.29 is 37.9 Å². The standard InChI is InChI=1S/C11H22N3O2S.HI/c1-5-6-8-15-10-11(13-17-12-10)16-9-7-14(2,3)4;/h5-9H2,1-4H3;1H/q+1;/p-1. The molecule has 18 heavy (non-hydrogen) atoms. The van der Waals surface area contributed by atoms with Gasteiger partial charge in [-0.05, 0) is 6.42 Å². The number of ether oxygens (including phenoxy) is 2. The number of nitrogens with zero attached hydrogens (tertiary/aromatic N) is 3. The fraction of sp³-hybridized carbons (Fsp3) is 0.818. The summed E-state index contributed by atoms with van der Waals surface area (Å²) < 4.78 is 20.1. The molecule has 0 aromatic carbocycles. The van der Waals surface area contributed by atoms with Gasteiger partial charge in [-0.2, -0.15) is 0 Å². The summed E-state index contributed by atoms with van der Waals surface area (Å²) in [5.41, 5.74) is 0. The lowest BCUT2D eigenvalue weighted by Gasteiger charge is -2.23. The molecule has 0 bridgehead atoms. The first kappa shape index (κ1) is 17.8. The highest BCUT2D eigenvalue weighted by atomic mass is 127. The minimum atomic E-state index is 0. The van der Waals surface area contributed by atoms with Gasteiger partial charge in [0.25, 0.3) is 11.8 Å². The van der Waals surface area contributed by atoms with Gasteiger partial charge in [0.05, 0.1) is 39.5 Å². The highest BCUT2D eigenvalue weighted by Gasteiger charge is 2.13. The second-order valence-electron chi connectivity index (χ2n) is 4.94. The van der Waals surface area contributed by atoms with Crippen molar-refractivity contribution in [3.05, 3.63) is 0 Å². The van der Waals surface area contributed by atoms with Crippen molar-refractivity contribution in [2.45, 2.75) is 19.8 Å². The van der Waals surface area contributed by atoms with Gasteiger partial charge in [-0.15, -0.1) is 8.75 Å². The Morgan fingerprint density at radius 1 is 1.06 bits per heavy atom. The second kappa shape index (κ2) is 8.87. The summed E-state index contributed by atoms with van der Waals surface area (Å²) in [5.74, 6) is 1.06. The van der Waals surface area contributed by atoms with E-state index in [1.54, 1.807) is 0 Å². The number of quaternary nitrogens is 1. The lowest BCUT2D eigenvalue weighted by Crippen LogP contribution is -3.00. The monoisotopic (exact) mass is 387 g/mol. The van der Waals surface area contributed by atoms with Gasteiger partial charge in [0.15, 0.2) is 0 Å². The third kappa shape index (κ3) is 7.32. The number of halogens is 1. The van der Waals surface area contributed by atoms with Crippen LogP contribution in [0.1, 0.15) is 19.8 Å². The molecule has 1 heterocycles. The Labute approximate surface area is 130 Å². The third-order valence-corrected chi connectivity index (χ3v) is 2.66. The van der Waals surface area contributed by atoms with Gasteiger partial charge in [0, 0.05) is 0 Å². The van der Waals surface area contributed by atoms with E-state index in [9.17, 15) is 0 Å². The molecule has 0 aliphatic carbocycles. The van der Waals surface area contributed by atoms with E-state index < -0.39 is 0 Å². The first-order chi connectivity index (χ1) is 8.03. The summed E-state index contributed by atoms with van der Waals surface area (Å²) in [7, 11) is 6.38. The Balaban J connectivity index is 0.00000289. The Hall–Kier alpha value is -0.150. The highest BCUT2D eigenvalue weighted by Crippen LogP contribution is 2.23. The van der Waals surface area contributed by atoms with Crippen molar-refractivity contribution in [2.24, 2.45) is 0 Å². The van der Waals surface area contributed by atoms with Gasteiger partial charge >= 0.3 is 0 Å². The fourth-order valence-corrected chi connectivity index (χ4v) is 1.53. The van der Waals surface area contributed by atoms with Gasteiger partial charge in [0.1, 0.15) is 13.2 Å². The molecule has 0 spiro atoms. The molecule has 0 saturated heterocycles. The Kier molecular flexibility index (Phi) is 8.79. The molecule has 1 aromatic heterocycles. The van der Waals surface area contributed by atoms with E-state index in [-0.39, 0.29) is 24.0 Å². The van der Waals surface area contributed by atoms with Crippen molar-refractivity contribution >= 4 is 11.7 Å². The van der Waals surface area contributed by atoms with E-state index in [1.165, 1.54) is 0 Å². The van der Waals surface area contributed by atoms with Crippen LogP contribution < -0.4 is 33.5 Å². The molecule has 0 atom stereocenters. The Bertz CT molecular complexity index is 328. The van der Waals surface area contributed by atoms with E-state index in [4.69, 9.17) is 9.47 Å². The van der Waals surface area contributed by atoms with E-state index in [1.807, 2.05) is 0 Å². The summed E-state index contributed by atoms with van der Waals surface area (Å²) >= 11 is 1.13. The number of likely N-dealkylation sites (N-methyl/N-ethyl adjacent to an activating group) is 1. The zero-order chi connectivity index (χ0) is 12.7. The van der Waals surface area contributed by atoms with Crippen LogP contribution in [0, 0.1) is 0 Å². The van der Waals surface area contributed by atoms with E-state index in [2.05, 4.69) is 36.8 Å². The number of aromatic nitrogens is 2. The average Bonchev–Trinajstić information content (AvgIpc) is 2.64. The smallest absolute Gasteiger partial charge is 0.291 e. The maximum Gasteiger partial charge on any atom is 0.291 e. The van der Waals surface area contributed by atoms with Crippen LogP contribution in [0.25, 0.3) is 0 Å². The first-order valence-corrected chi connectivity index (χ1v) is 6.64. The Morgan fingerprint density at radius 2 is 1.61 bits per heavy atom. The zero-order valence-corrected chi connectivity index (χ0v) is 14.5. The van der Waals surface area contributed by atoms with Crippen LogP contribution in [-0.2, 0) is 0 Å². The molecule has 0 saturated carbocycles. The van der Waals surface area contributed by atoms with Crippen LogP contribution in [0.2, 0.25) is 0 Å². The maximum atomic E-state index is 5.58. The summed E-state index contributed by atoms with van der Waals surface area (Å²) in [5, 5.41) is 0. The first-order valence-electron chi connectivity index (χ1n) is 5.91. The topological polar surface area (TPSA) is 44.2 Å². The minimum Gasteiger partial charge on any atom is -1.00 e. The van der Waals surface area contributed by atoms with Crippen LogP contribution in [0.15, 0.2) is 0 Å². The molecule has 0 unspecified atom stereocenters. The molecular weight excluding hydrogens is 365 g/mol. The normalized spacial score (nSPS) is 10.9. The van der Waals surface area contributed by atoms with Crippen molar-refractivity contribution in [1.29, 1.82) is 0 Å². The fourth-order valence-electron chi connectivity index (χ4n) is 1.08. The molecule has 0 fully saturated rings. The molecule has 0 radical (unpaired) electrons. The van der Waals surface area contributed by atoms with Crippen molar-refractivity contribution in [3.63, 3.8) is 0 Å². The van der Waals surface area contributed by atoms with Crippen molar-refractivity contribution in [3.8, 4) is 11.8 Å². The van der Waals surface area contributed by atoms with Gasteiger partial charge in [0.2, 0.25) is 0 Å². The predicted molar refractivity (Wildman–Crippen MR) is 68.7 cm³/mol. The van der Waals surface area contributed by atoms with Crippen LogP contribution in [-0.4, -0.2) is 54.1 Å². The number of rotatable bonds is 8. The van der Waals surface area contributed by atoms with Crippen LogP contribution in [0.4, 0.5) is 0 Å². The molecule has 1 aromatic rings. The third-order valence-electron chi connectivity index (χ3n) is 2.17. The Morgan fingerprint density at radius 3 is 2.11 bits per heavy atom. The molecule has 0 amide bonds. The number of hydrogen-bond donors (Lipinski definition) is 0. The summed E-state index contributed by atoms with van der Waals surface area (Å²) in [6.45, 7) is 4.35. The molecule has 7 heteroatoms.